The number of aliphatic hydroxyl groups excluding tert-OH is 1. The maximum Gasteiger partial charge on any atom is 0.231 e. The van der Waals surface area contributed by atoms with Gasteiger partial charge >= 0.3 is 0 Å². The fourth-order valence-electron chi connectivity index (χ4n) is 1.01. The number of rotatable bonds is 4. The molecule has 1 aromatic heterocycles. The summed E-state index contributed by atoms with van der Waals surface area (Å²) in [5.41, 5.74) is 0. The Hall–Kier alpha value is -1.14. The van der Waals surface area contributed by atoms with Gasteiger partial charge in [0, 0.05) is 21.1 Å². The van der Waals surface area contributed by atoms with Crippen LogP contribution in [0.4, 0.5) is 11.9 Å². The van der Waals surface area contributed by atoms with Crippen molar-refractivity contribution in [2.24, 2.45) is 0 Å². The van der Waals surface area contributed by atoms with Crippen LogP contribution in [-0.2, 0) is 0 Å². The minimum Gasteiger partial charge on any atom is -0.394 e. The highest BCUT2D eigenvalue weighted by Gasteiger charge is 2.14. The monoisotopic (exact) mass is 245 g/mol. The van der Waals surface area contributed by atoms with E-state index in [9.17, 15) is 0 Å². The summed E-state index contributed by atoms with van der Waals surface area (Å²) in [5, 5.41) is 9.20. The fraction of sp³-hybridized carbons (Fsp3) is 0.667. The molecule has 1 atom stereocenters. The van der Waals surface area contributed by atoms with Gasteiger partial charge in [-0.15, -0.1) is 0 Å². The van der Waals surface area contributed by atoms with Gasteiger partial charge < -0.3 is 14.9 Å². The van der Waals surface area contributed by atoms with Crippen LogP contribution in [0.25, 0.3) is 0 Å². The summed E-state index contributed by atoms with van der Waals surface area (Å²) in [6.45, 7) is 1.89. The molecule has 0 aliphatic rings. The lowest BCUT2D eigenvalue weighted by atomic mass is 10.3. The second kappa shape index (κ2) is 5.27. The van der Waals surface area contributed by atoms with Crippen molar-refractivity contribution in [3.8, 4) is 0 Å². The Morgan fingerprint density at radius 1 is 1.19 bits per heavy atom. The first-order chi connectivity index (χ1) is 7.45. The molecule has 0 saturated heterocycles. The minimum atomic E-state index is -0.0755. The smallest absolute Gasteiger partial charge is 0.231 e. The summed E-state index contributed by atoms with van der Waals surface area (Å²) in [4.78, 5) is 15.7. The predicted octanol–water partition coefficient (Wildman–Crippen LogP) is 0.408. The van der Waals surface area contributed by atoms with Gasteiger partial charge in [0.05, 0.1) is 12.6 Å². The lowest BCUT2D eigenvalue weighted by Crippen LogP contribution is -2.33. The van der Waals surface area contributed by atoms with E-state index in [1.807, 2.05) is 21.0 Å². The number of hydrogen-bond acceptors (Lipinski definition) is 6. The number of halogens is 1. The van der Waals surface area contributed by atoms with Gasteiger partial charge in [-0.05, 0) is 18.5 Å². The summed E-state index contributed by atoms with van der Waals surface area (Å²) in [7, 11) is 5.45. The summed E-state index contributed by atoms with van der Waals surface area (Å²) in [6.07, 6.45) is 0. The summed E-state index contributed by atoms with van der Waals surface area (Å²) < 4.78 is 0. The molecule has 6 nitrogen and oxygen atoms in total. The zero-order valence-corrected chi connectivity index (χ0v) is 10.6. The zero-order chi connectivity index (χ0) is 12.3. The molecule has 0 spiro atoms. The van der Waals surface area contributed by atoms with Crippen molar-refractivity contribution in [1.82, 2.24) is 15.0 Å². The van der Waals surface area contributed by atoms with E-state index in [0.29, 0.717) is 11.9 Å². The quantitative estimate of drug-likeness (QED) is 0.829. The molecule has 0 amide bonds. The van der Waals surface area contributed by atoms with E-state index in [1.54, 1.807) is 16.8 Å². The number of hydrogen-bond donors (Lipinski definition) is 1. The van der Waals surface area contributed by atoms with Gasteiger partial charge in [-0.25, -0.2) is 0 Å². The molecular weight excluding hydrogens is 230 g/mol. The van der Waals surface area contributed by atoms with E-state index in [1.165, 1.54) is 0 Å². The number of anilines is 2. The zero-order valence-electron chi connectivity index (χ0n) is 9.85. The maximum atomic E-state index is 9.06. The first-order valence-electron chi connectivity index (χ1n) is 4.88. The van der Waals surface area contributed by atoms with Gasteiger partial charge in [-0.1, -0.05) is 0 Å². The second-order valence-corrected chi connectivity index (χ2v) is 4.08. The van der Waals surface area contributed by atoms with Gasteiger partial charge in [0.25, 0.3) is 0 Å². The van der Waals surface area contributed by atoms with Crippen molar-refractivity contribution in [3.63, 3.8) is 0 Å². The summed E-state index contributed by atoms with van der Waals surface area (Å²) in [5.74, 6) is 0.942. The molecule has 1 unspecified atom stereocenters. The van der Waals surface area contributed by atoms with Crippen molar-refractivity contribution >= 4 is 23.5 Å². The summed E-state index contributed by atoms with van der Waals surface area (Å²) >= 11 is 5.81. The molecule has 0 radical (unpaired) electrons. The average Bonchev–Trinajstić information content (AvgIpc) is 2.26. The van der Waals surface area contributed by atoms with Gasteiger partial charge in [0.2, 0.25) is 17.2 Å². The Morgan fingerprint density at radius 3 is 2.25 bits per heavy atom. The molecule has 0 aliphatic heterocycles. The number of aromatic nitrogens is 3. The van der Waals surface area contributed by atoms with E-state index >= 15 is 0 Å². The Morgan fingerprint density at radius 2 is 1.75 bits per heavy atom. The molecule has 1 heterocycles. The minimum absolute atomic E-state index is 0.0249. The molecule has 16 heavy (non-hydrogen) atoms. The lowest BCUT2D eigenvalue weighted by molar-refractivity contribution is 0.269. The molecule has 0 aromatic carbocycles. The van der Waals surface area contributed by atoms with Gasteiger partial charge in [0.15, 0.2) is 0 Å². The Kier molecular flexibility index (Phi) is 4.26. The van der Waals surface area contributed by atoms with E-state index < -0.39 is 0 Å². The van der Waals surface area contributed by atoms with Crippen LogP contribution in [0.5, 0.6) is 0 Å². The SMILES string of the molecule is CC(CO)N(C)c1nc(Cl)nc(N(C)C)n1. The van der Waals surface area contributed by atoms with Gasteiger partial charge in [-0.2, -0.15) is 15.0 Å². The first kappa shape index (κ1) is 12.9. The Bertz CT molecular complexity index is 360. The highest BCUT2D eigenvalue weighted by atomic mass is 35.5. The largest absolute Gasteiger partial charge is 0.394 e. The standard InChI is InChI=1S/C9H16ClN5O/c1-6(5-16)15(4)9-12-7(10)11-8(13-9)14(2)3/h6,16H,5H2,1-4H3. The lowest BCUT2D eigenvalue weighted by Gasteiger charge is -2.23. The molecule has 1 aromatic rings. The van der Waals surface area contributed by atoms with Crippen molar-refractivity contribution in [3.05, 3.63) is 5.28 Å². The van der Waals surface area contributed by atoms with Crippen molar-refractivity contribution < 1.29 is 5.11 Å². The van der Waals surface area contributed by atoms with E-state index in [0.717, 1.165) is 0 Å². The van der Waals surface area contributed by atoms with Gasteiger partial charge in [-0.3, -0.25) is 0 Å². The van der Waals surface area contributed by atoms with Crippen LogP contribution in [0.3, 0.4) is 0 Å². The molecular formula is C9H16ClN5O. The third-order valence-electron chi connectivity index (χ3n) is 2.23. The number of aliphatic hydroxyl groups is 1. The van der Waals surface area contributed by atoms with Crippen molar-refractivity contribution in [2.45, 2.75) is 13.0 Å². The molecule has 7 heteroatoms. The molecule has 0 bridgehead atoms. The number of likely N-dealkylation sites (N-methyl/N-ethyl adjacent to an activating group) is 1. The van der Waals surface area contributed by atoms with Crippen LogP contribution in [0, 0.1) is 0 Å². The van der Waals surface area contributed by atoms with E-state index in [4.69, 9.17) is 16.7 Å². The molecule has 0 aliphatic carbocycles. The van der Waals surface area contributed by atoms with Crippen molar-refractivity contribution in [1.29, 1.82) is 0 Å². The number of nitrogens with zero attached hydrogens (tertiary/aromatic N) is 5. The van der Waals surface area contributed by atoms with E-state index in [-0.39, 0.29) is 17.9 Å². The summed E-state index contributed by atoms with van der Waals surface area (Å²) in [6, 6.07) is -0.0755. The average molecular weight is 246 g/mol. The molecule has 90 valence electrons. The highest BCUT2D eigenvalue weighted by Crippen LogP contribution is 2.15. The van der Waals surface area contributed by atoms with E-state index in [2.05, 4.69) is 15.0 Å². The maximum absolute atomic E-state index is 9.06. The molecule has 1 rings (SSSR count). The molecule has 0 saturated carbocycles. The second-order valence-electron chi connectivity index (χ2n) is 3.74. The fourth-order valence-corrected chi connectivity index (χ4v) is 1.16. The topological polar surface area (TPSA) is 65.4 Å². The van der Waals surface area contributed by atoms with Crippen LogP contribution in [-0.4, -0.2) is 53.9 Å². The van der Waals surface area contributed by atoms with Crippen LogP contribution in [0.2, 0.25) is 5.28 Å². The Labute approximate surface area is 99.9 Å². The predicted molar refractivity (Wildman–Crippen MR) is 64.1 cm³/mol. The van der Waals surface area contributed by atoms with Gasteiger partial charge in [0.1, 0.15) is 0 Å². The first-order valence-corrected chi connectivity index (χ1v) is 5.26. The van der Waals surface area contributed by atoms with Crippen LogP contribution in [0.15, 0.2) is 0 Å². The highest BCUT2D eigenvalue weighted by molar-refractivity contribution is 6.28. The van der Waals surface area contributed by atoms with Crippen LogP contribution < -0.4 is 9.80 Å². The third-order valence-corrected chi connectivity index (χ3v) is 2.39. The Balaban J connectivity index is 3.04. The molecule has 0 fully saturated rings. The van der Waals surface area contributed by atoms with Crippen LogP contribution in [0.1, 0.15) is 6.92 Å². The normalized spacial score (nSPS) is 12.4. The van der Waals surface area contributed by atoms with Crippen molar-refractivity contribution in [2.75, 3.05) is 37.5 Å². The third kappa shape index (κ3) is 2.93. The molecule has 1 N–H and O–H groups in total. The van der Waals surface area contributed by atoms with Crippen LogP contribution >= 0.6 is 11.6 Å².